The summed E-state index contributed by atoms with van der Waals surface area (Å²) in [5.74, 6) is 2.48. The molecule has 0 heterocycles. The van der Waals surface area contributed by atoms with Crippen molar-refractivity contribution in [3.63, 3.8) is 0 Å². The summed E-state index contributed by atoms with van der Waals surface area (Å²) in [6.45, 7) is 0. The molecule has 4 unspecified atom stereocenters. The van der Waals surface area contributed by atoms with Gasteiger partial charge in [-0.3, -0.25) is 0 Å². The van der Waals surface area contributed by atoms with Crippen molar-refractivity contribution in [3.8, 4) is 0 Å². The molecular weight excluding hydrogens is 305 g/mol. The van der Waals surface area contributed by atoms with Crippen LogP contribution in [-0.4, -0.2) is 13.1 Å². The minimum atomic E-state index is -0.0854. The number of fused-ring (bicyclic) bond motifs is 2. The van der Waals surface area contributed by atoms with Crippen LogP contribution in [0.5, 0.6) is 0 Å². The van der Waals surface area contributed by atoms with Crippen molar-refractivity contribution in [3.05, 3.63) is 34.1 Å². The van der Waals surface area contributed by atoms with Crippen molar-refractivity contribution in [2.45, 2.75) is 38.1 Å². The van der Waals surface area contributed by atoms with E-state index in [2.05, 4.69) is 21.2 Å². The first-order valence-electron chi connectivity index (χ1n) is 7.28. The van der Waals surface area contributed by atoms with Crippen LogP contribution in [0, 0.1) is 23.6 Å². The van der Waals surface area contributed by atoms with Gasteiger partial charge in [-0.15, -0.1) is 0 Å². The number of halogens is 2. The first-order chi connectivity index (χ1) is 9.17. The van der Waals surface area contributed by atoms with E-state index in [1.54, 1.807) is 6.07 Å². The van der Waals surface area contributed by atoms with Crippen LogP contribution in [0.25, 0.3) is 0 Å². The summed E-state index contributed by atoms with van der Waals surface area (Å²) < 4.78 is 14.8. The molecule has 3 rings (SSSR count). The molecule has 0 aliphatic heterocycles. The van der Waals surface area contributed by atoms with Crippen LogP contribution in [0.2, 0.25) is 0 Å². The molecule has 0 amide bonds. The first kappa shape index (κ1) is 13.6. The van der Waals surface area contributed by atoms with Gasteiger partial charge in [0.05, 0.1) is 0 Å². The van der Waals surface area contributed by atoms with Gasteiger partial charge in [-0.1, -0.05) is 28.4 Å². The molecule has 0 radical (unpaired) electrons. The van der Waals surface area contributed by atoms with Gasteiger partial charge in [0, 0.05) is 10.5 Å². The van der Waals surface area contributed by atoms with Crippen LogP contribution < -0.4 is 5.32 Å². The van der Waals surface area contributed by atoms with Crippen molar-refractivity contribution in [1.29, 1.82) is 0 Å². The lowest BCUT2D eigenvalue weighted by atomic mass is 9.81. The average Bonchev–Trinajstić information content (AvgIpc) is 3.00. The zero-order valence-electron chi connectivity index (χ0n) is 11.3. The third-order valence-electron chi connectivity index (χ3n) is 5.14. The number of rotatable bonds is 4. The molecule has 1 N–H and O–H groups in total. The highest BCUT2D eigenvalue weighted by Crippen LogP contribution is 2.49. The smallest absolute Gasteiger partial charge is 0.127 e. The van der Waals surface area contributed by atoms with E-state index in [0.29, 0.717) is 6.04 Å². The van der Waals surface area contributed by atoms with Crippen LogP contribution in [0.3, 0.4) is 0 Å². The zero-order chi connectivity index (χ0) is 13.4. The molecule has 2 bridgehead atoms. The SMILES string of the molecule is CNC(Cc1ccc(Br)cc1F)C1CC2CCC1C2. The number of hydrogen-bond acceptors (Lipinski definition) is 1. The lowest BCUT2D eigenvalue weighted by molar-refractivity contribution is 0.254. The Bertz CT molecular complexity index is 462. The van der Waals surface area contributed by atoms with E-state index in [-0.39, 0.29) is 5.82 Å². The summed E-state index contributed by atoms with van der Waals surface area (Å²) in [4.78, 5) is 0. The van der Waals surface area contributed by atoms with Crippen molar-refractivity contribution in [2.24, 2.45) is 17.8 Å². The Morgan fingerprint density at radius 2 is 2.21 bits per heavy atom. The lowest BCUT2D eigenvalue weighted by Crippen LogP contribution is -2.38. The molecule has 0 aromatic heterocycles. The number of hydrogen-bond donors (Lipinski definition) is 1. The number of benzene rings is 1. The van der Waals surface area contributed by atoms with Gasteiger partial charge >= 0.3 is 0 Å². The summed E-state index contributed by atoms with van der Waals surface area (Å²) in [6, 6.07) is 5.84. The Labute approximate surface area is 123 Å². The molecule has 2 aliphatic carbocycles. The molecule has 2 fully saturated rings. The minimum Gasteiger partial charge on any atom is -0.316 e. The van der Waals surface area contributed by atoms with Crippen molar-refractivity contribution in [2.75, 3.05) is 7.05 Å². The van der Waals surface area contributed by atoms with Crippen molar-refractivity contribution < 1.29 is 4.39 Å². The molecule has 2 aliphatic rings. The highest BCUT2D eigenvalue weighted by atomic mass is 79.9. The molecule has 4 atom stereocenters. The second-order valence-electron chi connectivity index (χ2n) is 6.17. The van der Waals surface area contributed by atoms with E-state index >= 15 is 0 Å². The van der Waals surface area contributed by atoms with Gasteiger partial charge in [0.15, 0.2) is 0 Å². The lowest BCUT2D eigenvalue weighted by Gasteiger charge is -2.30. The second-order valence-corrected chi connectivity index (χ2v) is 7.09. The Kier molecular flexibility index (Phi) is 3.95. The van der Waals surface area contributed by atoms with Gasteiger partial charge in [0.1, 0.15) is 5.82 Å². The van der Waals surface area contributed by atoms with E-state index in [1.165, 1.54) is 25.7 Å². The number of likely N-dealkylation sites (N-methyl/N-ethyl adjacent to an activating group) is 1. The predicted molar refractivity (Wildman–Crippen MR) is 79.6 cm³/mol. The predicted octanol–water partition coefficient (Wildman–Crippen LogP) is 4.15. The molecule has 19 heavy (non-hydrogen) atoms. The topological polar surface area (TPSA) is 12.0 Å². The first-order valence-corrected chi connectivity index (χ1v) is 8.08. The summed E-state index contributed by atoms with van der Waals surface area (Å²) in [6.07, 6.45) is 6.37. The van der Waals surface area contributed by atoms with Gasteiger partial charge in [-0.2, -0.15) is 0 Å². The monoisotopic (exact) mass is 325 g/mol. The molecule has 104 valence electrons. The highest BCUT2D eigenvalue weighted by Gasteiger charge is 2.42. The zero-order valence-corrected chi connectivity index (χ0v) is 12.9. The van der Waals surface area contributed by atoms with Crippen LogP contribution >= 0.6 is 15.9 Å². The third-order valence-corrected chi connectivity index (χ3v) is 5.63. The van der Waals surface area contributed by atoms with E-state index in [4.69, 9.17) is 0 Å². The maximum absolute atomic E-state index is 14.0. The molecule has 3 heteroatoms. The number of nitrogens with one attached hydrogen (secondary N) is 1. The van der Waals surface area contributed by atoms with Crippen molar-refractivity contribution in [1.82, 2.24) is 5.32 Å². The fraction of sp³-hybridized carbons (Fsp3) is 0.625. The molecule has 1 aromatic carbocycles. The van der Waals surface area contributed by atoms with Gasteiger partial charge in [0.25, 0.3) is 0 Å². The van der Waals surface area contributed by atoms with Gasteiger partial charge in [-0.25, -0.2) is 4.39 Å². The largest absolute Gasteiger partial charge is 0.316 e. The quantitative estimate of drug-likeness (QED) is 0.876. The van der Waals surface area contributed by atoms with E-state index < -0.39 is 0 Å². The molecule has 0 saturated heterocycles. The van der Waals surface area contributed by atoms with Crippen molar-refractivity contribution >= 4 is 15.9 Å². The Balaban J connectivity index is 1.73. The Morgan fingerprint density at radius 1 is 1.37 bits per heavy atom. The van der Waals surface area contributed by atoms with E-state index in [0.717, 1.165) is 34.2 Å². The second kappa shape index (κ2) is 5.53. The third kappa shape index (κ3) is 2.73. The fourth-order valence-corrected chi connectivity index (χ4v) is 4.51. The van der Waals surface area contributed by atoms with Crippen LogP contribution in [0.1, 0.15) is 31.2 Å². The van der Waals surface area contributed by atoms with Gasteiger partial charge in [-0.05, 0) is 68.2 Å². The summed E-state index contributed by atoms with van der Waals surface area (Å²) >= 11 is 3.32. The van der Waals surface area contributed by atoms with Crippen LogP contribution in [-0.2, 0) is 6.42 Å². The molecule has 1 aromatic rings. The highest BCUT2D eigenvalue weighted by molar-refractivity contribution is 9.10. The van der Waals surface area contributed by atoms with Crippen LogP contribution in [0.15, 0.2) is 22.7 Å². The minimum absolute atomic E-state index is 0.0854. The Morgan fingerprint density at radius 3 is 2.79 bits per heavy atom. The standard InChI is InChI=1S/C16H21BrFN/c1-19-16(14-7-10-2-3-11(14)6-10)8-12-4-5-13(17)9-15(12)18/h4-5,9-11,14,16,19H,2-3,6-8H2,1H3. The maximum Gasteiger partial charge on any atom is 0.127 e. The summed E-state index contributed by atoms with van der Waals surface area (Å²) in [7, 11) is 2.02. The van der Waals surface area contributed by atoms with E-state index in [9.17, 15) is 4.39 Å². The summed E-state index contributed by atoms with van der Waals surface area (Å²) in [5, 5.41) is 3.44. The normalized spacial score (nSPS) is 30.8. The van der Waals surface area contributed by atoms with E-state index in [1.807, 2.05) is 19.2 Å². The maximum atomic E-state index is 14.0. The Hall–Kier alpha value is -0.410. The average molecular weight is 326 g/mol. The molecule has 2 saturated carbocycles. The van der Waals surface area contributed by atoms with Gasteiger partial charge < -0.3 is 5.32 Å². The molecular formula is C16H21BrFN. The van der Waals surface area contributed by atoms with Crippen LogP contribution in [0.4, 0.5) is 4.39 Å². The fourth-order valence-electron chi connectivity index (χ4n) is 4.18. The molecule has 1 nitrogen and oxygen atoms in total. The summed E-state index contributed by atoms with van der Waals surface area (Å²) in [5.41, 5.74) is 0.838. The van der Waals surface area contributed by atoms with Gasteiger partial charge in [0.2, 0.25) is 0 Å². The molecule has 0 spiro atoms.